The zero-order valence-corrected chi connectivity index (χ0v) is 17.2. The second-order valence-electron chi connectivity index (χ2n) is 8.41. The van der Waals surface area contributed by atoms with Crippen LogP contribution in [-0.4, -0.2) is 41.0 Å². The third-order valence-corrected chi connectivity index (χ3v) is 5.98. The van der Waals surface area contributed by atoms with Crippen LogP contribution in [0.1, 0.15) is 41.6 Å². The highest BCUT2D eigenvalue weighted by molar-refractivity contribution is 5.96. The Kier molecular flexibility index (Phi) is 5.09. The van der Waals surface area contributed by atoms with Gasteiger partial charge in [0.05, 0.1) is 5.52 Å². The van der Waals surface area contributed by atoms with Crippen molar-refractivity contribution in [3.05, 3.63) is 53.7 Å². The number of piperidine rings is 1. The van der Waals surface area contributed by atoms with Crippen molar-refractivity contribution in [1.82, 2.24) is 20.6 Å². The Hall–Kier alpha value is -2.99. The van der Waals surface area contributed by atoms with E-state index in [1.165, 1.54) is 0 Å². The Morgan fingerprint density at radius 1 is 1.03 bits per heavy atom. The maximum Gasteiger partial charge on any atom is 0.251 e. The summed E-state index contributed by atoms with van der Waals surface area (Å²) in [5.41, 5.74) is 4.91. The molecule has 1 amide bonds. The van der Waals surface area contributed by atoms with Crippen molar-refractivity contribution in [1.29, 1.82) is 0 Å². The van der Waals surface area contributed by atoms with Crippen LogP contribution >= 0.6 is 0 Å². The summed E-state index contributed by atoms with van der Waals surface area (Å²) in [6.45, 7) is 4.14. The average Bonchev–Trinajstić information content (AvgIpc) is 3.58. The zero-order valence-electron chi connectivity index (χ0n) is 17.2. The molecular formula is C24H27N5O. The Labute approximate surface area is 176 Å². The van der Waals surface area contributed by atoms with Gasteiger partial charge in [0.1, 0.15) is 0 Å². The molecular weight excluding hydrogens is 374 g/mol. The van der Waals surface area contributed by atoms with Crippen molar-refractivity contribution in [3.8, 4) is 11.1 Å². The first kappa shape index (κ1) is 19.0. The summed E-state index contributed by atoms with van der Waals surface area (Å²) >= 11 is 0. The fourth-order valence-corrected chi connectivity index (χ4v) is 3.99. The van der Waals surface area contributed by atoms with E-state index in [4.69, 9.17) is 4.98 Å². The first-order chi connectivity index (χ1) is 14.7. The smallest absolute Gasteiger partial charge is 0.251 e. The fraction of sp³-hybridized carbons (Fsp3) is 0.375. The maximum absolute atomic E-state index is 12.5. The number of hydrogen-bond donors (Lipinski definition) is 3. The second kappa shape index (κ2) is 8.03. The first-order valence-electron chi connectivity index (χ1n) is 10.8. The minimum absolute atomic E-state index is 0.0106. The molecule has 0 unspecified atom stereocenters. The third kappa shape index (κ3) is 4.14. The molecule has 2 aliphatic rings. The molecule has 2 aromatic carbocycles. The number of nitrogens with zero attached hydrogens (tertiary/aromatic N) is 2. The lowest BCUT2D eigenvalue weighted by Gasteiger charge is -2.23. The highest BCUT2D eigenvalue weighted by Crippen LogP contribution is 2.28. The fourth-order valence-electron chi connectivity index (χ4n) is 3.99. The number of anilines is 1. The number of fused-ring (bicyclic) bond motifs is 1. The minimum atomic E-state index is 0.0106. The minimum Gasteiger partial charge on any atom is -0.351 e. The summed E-state index contributed by atoms with van der Waals surface area (Å²) in [5.74, 6) is 0.702. The van der Waals surface area contributed by atoms with E-state index in [1.807, 2.05) is 30.5 Å². The van der Waals surface area contributed by atoms with Crippen LogP contribution in [0.4, 0.5) is 5.95 Å². The molecule has 3 N–H and O–H groups in total. The number of amides is 1. The lowest BCUT2D eigenvalue weighted by atomic mass is 9.97. The van der Waals surface area contributed by atoms with Crippen molar-refractivity contribution in [3.63, 3.8) is 0 Å². The number of hydrogen-bond acceptors (Lipinski definition) is 5. The van der Waals surface area contributed by atoms with E-state index in [0.29, 0.717) is 23.6 Å². The molecule has 1 saturated heterocycles. The van der Waals surface area contributed by atoms with E-state index in [1.54, 1.807) is 0 Å². The van der Waals surface area contributed by atoms with Crippen LogP contribution in [0.5, 0.6) is 0 Å². The SMILES string of the molecule is Cc1ccc(C(=O)NC2CC2)cc1-c1ccc2nc(NC3CCNCC3)ncc2c1. The molecule has 2 fully saturated rings. The number of aromatic nitrogens is 2. The molecule has 1 aromatic heterocycles. The van der Waals surface area contributed by atoms with Gasteiger partial charge in [0.2, 0.25) is 5.95 Å². The zero-order chi connectivity index (χ0) is 20.5. The summed E-state index contributed by atoms with van der Waals surface area (Å²) in [7, 11) is 0. The Morgan fingerprint density at radius 2 is 1.87 bits per heavy atom. The highest BCUT2D eigenvalue weighted by Gasteiger charge is 2.24. The van der Waals surface area contributed by atoms with Crippen LogP contribution < -0.4 is 16.0 Å². The molecule has 1 aliphatic carbocycles. The van der Waals surface area contributed by atoms with Gasteiger partial charge in [0, 0.05) is 29.2 Å². The molecule has 5 rings (SSSR count). The summed E-state index contributed by atoms with van der Waals surface area (Å²) in [5, 5.41) is 10.9. The van der Waals surface area contributed by atoms with Crippen LogP contribution in [0.2, 0.25) is 0 Å². The Morgan fingerprint density at radius 3 is 2.67 bits per heavy atom. The van der Waals surface area contributed by atoms with E-state index in [9.17, 15) is 4.79 Å². The molecule has 154 valence electrons. The number of aryl methyl sites for hydroxylation is 1. The molecule has 0 atom stereocenters. The lowest BCUT2D eigenvalue weighted by molar-refractivity contribution is 0.0951. The van der Waals surface area contributed by atoms with Gasteiger partial charge in [-0.15, -0.1) is 0 Å². The molecule has 30 heavy (non-hydrogen) atoms. The highest BCUT2D eigenvalue weighted by atomic mass is 16.1. The van der Waals surface area contributed by atoms with Crippen LogP contribution in [0.15, 0.2) is 42.6 Å². The number of rotatable bonds is 5. The normalized spacial score (nSPS) is 17.1. The van der Waals surface area contributed by atoms with Crippen LogP contribution in [0.3, 0.4) is 0 Å². The summed E-state index contributed by atoms with van der Waals surface area (Å²) in [6.07, 6.45) is 6.23. The van der Waals surface area contributed by atoms with Gasteiger partial charge >= 0.3 is 0 Å². The topological polar surface area (TPSA) is 78.9 Å². The lowest BCUT2D eigenvalue weighted by Crippen LogP contribution is -2.35. The Bertz CT molecular complexity index is 1090. The number of benzene rings is 2. The van der Waals surface area contributed by atoms with Gasteiger partial charge in [0.15, 0.2) is 0 Å². The first-order valence-corrected chi connectivity index (χ1v) is 10.8. The number of carbonyl (C=O) groups excluding carboxylic acids is 1. The van der Waals surface area contributed by atoms with Gasteiger partial charge in [-0.3, -0.25) is 4.79 Å². The van der Waals surface area contributed by atoms with E-state index >= 15 is 0 Å². The summed E-state index contributed by atoms with van der Waals surface area (Å²) in [6, 6.07) is 12.9. The summed E-state index contributed by atoms with van der Waals surface area (Å²) in [4.78, 5) is 21.7. The van der Waals surface area contributed by atoms with Crippen LogP contribution in [0, 0.1) is 6.92 Å². The molecule has 2 heterocycles. The predicted octanol–water partition coefficient (Wildman–Crippen LogP) is 3.66. The second-order valence-corrected chi connectivity index (χ2v) is 8.41. The molecule has 1 aliphatic heterocycles. The molecule has 1 saturated carbocycles. The monoisotopic (exact) mass is 401 g/mol. The van der Waals surface area contributed by atoms with Crippen molar-refractivity contribution >= 4 is 22.8 Å². The van der Waals surface area contributed by atoms with E-state index in [-0.39, 0.29) is 5.91 Å². The molecule has 3 aromatic rings. The van der Waals surface area contributed by atoms with Crippen molar-refractivity contribution in [2.75, 3.05) is 18.4 Å². The van der Waals surface area contributed by atoms with E-state index < -0.39 is 0 Å². The van der Waals surface area contributed by atoms with E-state index in [0.717, 1.165) is 66.4 Å². The molecule has 6 heteroatoms. The number of nitrogens with one attached hydrogen (secondary N) is 3. The van der Waals surface area contributed by atoms with E-state index in [2.05, 4.69) is 40.0 Å². The third-order valence-electron chi connectivity index (χ3n) is 5.98. The van der Waals surface area contributed by atoms with Crippen molar-refractivity contribution < 1.29 is 4.79 Å². The standard InChI is InChI=1S/C24H27N5O/c1-15-2-3-17(23(30)27-19-5-6-19)13-21(15)16-4-7-22-18(12-16)14-26-24(29-22)28-20-8-10-25-11-9-20/h2-4,7,12-14,19-20,25H,5-6,8-11H2,1H3,(H,27,30)(H,26,28,29). The van der Waals surface area contributed by atoms with Crippen molar-refractivity contribution in [2.45, 2.75) is 44.7 Å². The van der Waals surface area contributed by atoms with Gasteiger partial charge in [-0.1, -0.05) is 12.1 Å². The quantitative estimate of drug-likeness (QED) is 0.608. The molecule has 0 radical (unpaired) electrons. The summed E-state index contributed by atoms with van der Waals surface area (Å²) < 4.78 is 0. The molecule has 0 bridgehead atoms. The van der Waals surface area contributed by atoms with Gasteiger partial charge in [-0.25, -0.2) is 9.97 Å². The largest absolute Gasteiger partial charge is 0.351 e. The van der Waals surface area contributed by atoms with Gasteiger partial charge in [0.25, 0.3) is 5.91 Å². The van der Waals surface area contributed by atoms with Gasteiger partial charge in [-0.2, -0.15) is 0 Å². The van der Waals surface area contributed by atoms with Gasteiger partial charge < -0.3 is 16.0 Å². The molecule has 0 spiro atoms. The number of carbonyl (C=O) groups is 1. The Balaban J connectivity index is 1.40. The van der Waals surface area contributed by atoms with Gasteiger partial charge in [-0.05, 0) is 86.7 Å². The molecule has 6 nitrogen and oxygen atoms in total. The van der Waals surface area contributed by atoms with Crippen LogP contribution in [0.25, 0.3) is 22.0 Å². The van der Waals surface area contributed by atoms with Crippen LogP contribution in [-0.2, 0) is 0 Å². The maximum atomic E-state index is 12.5. The average molecular weight is 402 g/mol. The van der Waals surface area contributed by atoms with Crippen molar-refractivity contribution in [2.24, 2.45) is 0 Å². The predicted molar refractivity (Wildman–Crippen MR) is 120 cm³/mol.